The maximum atomic E-state index is 14.3. The number of carbonyl (C=O) groups is 1. The van der Waals surface area contributed by atoms with E-state index < -0.39 is 23.8 Å². The highest BCUT2D eigenvalue weighted by molar-refractivity contribution is 6.05. The van der Waals surface area contributed by atoms with Gasteiger partial charge in [-0.3, -0.25) is 9.78 Å². The van der Waals surface area contributed by atoms with Crippen molar-refractivity contribution in [3.8, 4) is 16.9 Å². The van der Waals surface area contributed by atoms with Crippen LogP contribution in [0.3, 0.4) is 0 Å². The molecule has 3 aromatic rings. The van der Waals surface area contributed by atoms with Gasteiger partial charge in [-0.15, -0.1) is 13.2 Å². The Kier molecular flexibility index (Phi) is 6.41. The molecular weight excluding hydrogens is 452 g/mol. The summed E-state index contributed by atoms with van der Waals surface area (Å²) in [6.07, 6.45) is -0.834. The molecule has 2 aromatic heterocycles. The predicted molar refractivity (Wildman–Crippen MR) is 119 cm³/mol. The van der Waals surface area contributed by atoms with Crippen molar-refractivity contribution < 1.29 is 27.1 Å². The van der Waals surface area contributed by atoms with Gasteiger partial charge in [-0.05, 0) is 55.7 Å². The molecule has 1 N–H and O–H groups in total. The Hall–Kier alpha value is -3.69. The summed E-state index contributed by atoms with van der Waals surface area (Å²) in [6, 6.07) is 7.78. The Balaban J connectivity index is 1.62. The standard InChI is InChI=1S/C24H22F4N4O2/c1-14-7-8-32(13-14)22-20(16-10-21(25)15(2)29-11-16)9-17(12-30-22)23(33)31-18-3-5-19(6-4-18)34-24(26,27)28/h3-6,9-12,14H,7-8,13H2,1-2H3,(H,31,33)/t14-/m1/s1. The molecule has 1 amide bonds. The van der Waals surface area contributed by atoms with Gasteiger partial charge in [-0.1, -0.05) is 6.92 Å². The van der Waals surface area contributed by atoms with Crippen LogP contribution in [-0.2, 0) is 0 Å². The molecule has 178 valence electrons. The number of amides is 1. The lowest BCUT2D eigenvalue weighted by atomic mass is 10.0. The smallest absolute Gasteiger partial charge is 0.406 e. The number of ether oxygens (including phenoxy) is 1. The Bertz CT molecular complexity index is 1200. The molecule has 0 bridgehead atoms. The Morgan fingerprint density at radius 3 is 2.50 bits per heavy atom. The third-order valence-corrected chi connectivity index (χ3v) is 5.53. The number of aryl methyl sites for hydroxylation is 1. The summed E-state index contributed by atoms with van der Waals surface area (Å²) in [5.41, 5.74) is 1.82. The fourth-order valence-electron chi connectivity index (χ4n) is 3.77. The lowest BCUT2D eigenvalue weighted by molar-refractivity contribution is -0.274. The second kappa shape index (κ2) is 9.28. The van der Waals surface area contributed by atoms with Gasteiger partial charge in [0.25, 0.3) is 5.91 Å². The van der Waals surface area contributed by atoms with Crippen LogP contribution in [0.2, 0.25) is 0 Å². The van der Waals surface area contributed by atoms with E-state index in [4.69, 9.17) is 0 Å². The number of anilines is 2. The van der Waals surface area contributed by atoms with Crippen LogP contribution >= 0.6 is 0 Å². The number of hydrogen-bond donors (Lipinski definition) is 1. The fraction of sp³-hybridized carbons (Fsp3) is 0.292. The zero-order valence-electron chi connectivity index (χ0n) is 18.5. The van der Waals surface area contributed by atoms with Gasteiger partial charge >= 0.3 is 6.36 Å². The third kappa shape index (κ3) is 5.44. The zero-order chi connectivity index (χ0) is 24.5. The average molecular weight is 474 g/mol. The number of pyridine rings is 2. The number of benzene rings is 1. The van der Waals surface area contributed by atoms with Gasteiger partial charge in [0.1, 0.15) is 17.4 Å². The first kappa shape index (κ1) is 23.5. The van der Waals surface area contributed by atoms with E-state index in [1.807, 2.05) is 0 Å². The number of nitrogens with one attached hydrogen (secondary N) is 1. The number of nitrogens with zero attached hydrogens (tertiary/aromatic N) is 3. The molecule has 3 heterocycles. The number of carbonyl (C=O) groups excluding carboxylic acids is 1. The van der Waals surface area contributed by atoms with E-state index in [0.29, 0.717) is 22.9 Å². The van der Waals surface area contributed by atoms with Crippen molar-refractivity contribution in [1.29, 1.82) is 0 Å². The van der Waals surface area contributed by atoms with Gasteiger partial charge in [0.05, 0.1) is 11.3 Å². The summed E-state index contributed by atoms with van der Waals surface area (Å²) in [7, 11) is 0. The molecule has 4 rings (SSSR count). The molecule has 1 fully saturated rings. The number of hydrogen-bond acceptors (Lipinski definition) is 5. The number of rotatable bonds is 5. The van der Waals surface area contributed by atoms with Crippen LogP contribution < -0.4 is 15.0 Å². The van der Waals surface area contributed by atoms with Crippen molar-refractivity contribution in [2.24, 2.45) is 5.92 Å². The molecule has 6 nitrogen and oxygen atoms in total. The molecule has 0 radical (unpaired) electrons. The number of alkyl halides is 3. The van der Waals surface area contributed by atoms with Crippen LogP contribution in [0.4, 0.5) is 29.1 Å². The summed E-state index contributed by atoms with van der Waals surface area (Å²) in [5.74, 6) is -0.253. The van der Waals surface area contributed by atoms with Gasteiger partial charge in [0, 0.05) is 42.3 Å². The summed E-state index contributed by atoms with van der Waals surface area (Å²) < 4.78 is 55.1. The minimum atomic E-state index is -4.80. The first-order chi connectivity index (χ1) is 16.1. The highest BCUT2D eigenvalue weighted by Gasteiger charge is 2.31. The first-order valence-electron chi connectivity index (χ1n) is 10.6. The zero-order valence-corrected chi connectivity index (χ0v) is 18.5. The van der Waals surface area contributed by atoms with E-state index in [9.17, 15) is 22.4 Å². The van der Waals surface area contributed by atoms with E-state index in [1.54, 1.807) is 19.2 Å². The first-order valence-corrected chi connectivity index (χ1v) is 10.6. The van der Waals surface area contributed by atoms with Crippen LogP contribution in [0.25, 0.3) is 11.1 Å². The maximum absolute atomic E-state index is 14.3. The van der Waals surface area contributed by atoms with Crippen molar-refractivity contribution in [1.82, 2.24) is 9.97 Å². The highest BCUT2D eigenvalue weighted by Crippen LogP contribution is 2.33. The summed E-state index contributed by atoms with van der Waals surface area (Å²) >= 11 is 0. The largest absolute Gasteiger partial charge is 0.573 e. The minimum absolute atomic E-state index is 0.211. The van der Waals surface area contributed by atoms with E-state index in [0.717, 1.165) is 31.6 Å². The molecule has 1 aliphatic rings. The normalized spacial score (nSPS) is 15.9. The molecule has 0 spiro atoms. The molecule has 1 aliphatic heterocycles. The van der Waals surface area contributed by atoms with Crippen LogP contribution in [-0.4, -0.2) is 35.3 Å². The lowest BCUT2D eigenvalue weighted by Crippen LogP contribution is -2.22. The topological polar surface area (TPSA) is 67.3 Å². The van der Waals surface area contributed by atoms with Crippen LogP contribution in [0, 0.1) is 18.7 Å². The predicted octanol–water partition coefficient (Wildman–Crippen LogP) is 5.59. The second-order valence-corrected chi connectivity index (χ2v) is 8.25. The average Bonchev–Trinajstić information content (AvgIpc) is 3.21. The van der Waals surface area contributed by atoms with Crippen molar-refractivity contribution >= 4 is 17.4 Å². The van der Waals surface area contributed by atoms with Crippen molar-refractivity contribution in [2.75, 3.05) is 23.3 Å². The third-order valence-electron chi connectivity index (χ3n) is 5.53. The molecular formula is C24H22F4N4O2. The van der Waals surface area contributed by atoms with Gasteiger partial charge in [-0.2, -0.15) is 0 Å². The van der Waals surface area contributed by atoms with Gasteiger partial charge in [-0.25, -0.2) is 9.37 Å². The van der Waals surface area contributed by atoms with Gasteiger partial charge in [0.15, 0.2) is 0 Å². The summed E-state index contributed by atoms with van der Waals surface area (Å²) in [4.78, 5) is 23.6. The van der Waals surface area contributed by atoms with E-state index in [-0.39, 0.29) is 16.9 Å². The Morgan fingerprint density at radius 2 is 1.88 bits per heavy atom. The molecule has 0 aliphatic carbocycles. The van der Waals surface area contributed by atoms with Crippen LogP contribution in [0.1, 0.15) is 29.4 Å². The summed E-state index contributed by atoms with van der Waals surface area (Å²) in [6.45, 7) is 5.29. The monoisotopic (exact) mass is 474 g/mol. The van der Waals surface area contributed by atoms with Gasteiger partial charge < -0.3 is 15.0 Å². The molecule has 34 heavy (non-hydrogen) atoms. The molecule has 1 saturated heterocycles. The quantitative estimate of drug-likeness (QED) is 0.489. The van der Waals surface area contributed by atoms with Crippen molar-refractivity contribution in [2.45, 2.75) is 26.6 Å². The molecule has 10 heteroatoms. The molecule has 0 saturated carbocycles. The highest BCUT2D eigenvalue weighted by atomic mass is 19.4. The van der Waals surface area contributed by atoms with Crippen molar-refractivity contribution in [3.63, 3.8) is 0 Å². The van der Waals surface area contributed by atoms with E-state index >= 15 is 0 Å². The SMILES string of the molecule is Cc1ncc(-c2cc(C(=O)Nc3ccc(OC(F)(F)F)cc3)cnc2N2CC[C@@H](C)C2)cc1F. The fourth-order valence-corrected chi connectivity index (χ4v) is 3.77. The van der Waals surface area contributed by atoms with E-state index in [1.165, 1.54) is 24.4 Å². The maximum Gasteiger partial charge on any atom is 0.573 e. The number of aromatic nitrogens is 2. The molecule has 1 atom stereocenters. The van der Waals surface area contributed by atoms with E-state index in [2.05, 4.69) is 31.8 Å². The second-order valence-electron chi connectivity index (χ2n) is 8.25. The molecule has 0 unspecified atom stereocenters. The lowest BCUT2D eigenvalue weighted by Gasteiger charge is -2.21. The van der Waals surface area contributed by atoms with Crippen molar-refractivity contribution in [3.05, 3.63) is 65.9 Å². The van der Waals surface area contributed by atoms with Crippen LogP contribution in [0.15, 0.2) is 48.8 Å². The Morgan fingerprint density at radius 1 is 1.15 bits per heavy atom. The molecule has 1 aromatic carbocycles. The van der Waals surface area contributed by atoms with Crippen LogP contribution in [0.5, 0.6) is 5.75 Å². The minimum Gasteiger partial charge on any atom is -0.406 e. The summed E-state index contributed by atoms with van der Waals surface area (Å²) in [5, 5.41) is 2.62. The Labute approximate surface area is 193 Å². The van der Waals surface area contributed by atoms with Gasteiger partial charge in [0.2, 0.25) is 0 Å². The number of halogens is 4.